The van der Waals surface area contributed by atoms with Gasteiger partial charge >= 0.3 is 0 Å². The van der Waals surface area contributed by atoms with Crippen LogP contribution in [0, 0.1) is 11.3 Å². The second-order valence-corrected chi connectivity index (χ2v) is 6.57. The number of aryl methyl sites for hydroxylation is 1. The van der Waals surface area contributed by atoms with Crippen LogP contribution in [-0.2, 0) is 24.2 Å². The molecule has 0 aliphatic carbocycles. The Kier molecular flexibility index (Phi) is 6.60. The maximum atomic E-state index is 12.5. The summed E-state index contributed by atoms with van der Waals surface area (Å²) in [5, 5.41) is 16.4. The third-order valence-electron chi connectivity index (χ3n) is 4.55. The smallest absolute Gasteiger partial charge is 0.285 e. The number of benzene rings is 2. The molecule has 7 nitrogen and oxygen atoms in total. The van der Waals surface area contributed by atoms with Gasteiger partial charge in [0.15, 0.2) is 0 Å². The average Bonchev–Trinajstić information content (AvgIpc) is 2.76. The minimum Gasteiger partial charge on any atom is -0.457 e. The summed E-state index contributed by atoms with van der Waals surface area (Å²) in [6.07, 6.45) is 1.11. The van der Waals surface area contributed by atoms with E-state index >= 15 is 0 Å². The molecule has 0 unspecified atom stereocenters. The highest BCUT2D eigenvalue weighted by atomic mass is 16.5. The maximum Gasteiger partial charge on any atom is 0.285 e. The van der Waals surface area contributed by atoms with Crippen molar-refractivity contribution < 1.29 is 9.53 Å². The number of aromatic nitrogens is 2. The number of nitriles is 1. The Morgan fingerprint density at radius 1 is 1.07 bits per heavy atom. The van der Waals surface area contributed by atoms with Gasteiger partial charge in [-0.25, -0.2) is 4.68 Å². The van der Waals surface area contributed by atoms with Crippen LogP contribution in [0.5, 0.6) is 11.5 Å². The topological polar surface area (TPSA) is 97.0 Å². The Labute approximate surface area is 174 Å². The van der Waals surface area contributed by atoms with Crippen molar-refractivity contribution in [2.45, 2.75) is 33.2 Å². The van der Waals surface area contributed by atoms with Crippen molar-refractivity contribution in [3.8, 4) is 17.6 Å². The second kappa shape index (κ2) is 9.52. The van der Waals surface area contributed by atoms with Crippen molar-refractivity contribution in [3.63, 3.8) is 0 Å². The summed E-state index contributed by atoms with van der Waals surface area (Å²) in [5.41, 5.74) is 1.38. The van der Waals surface area contributed by atoms with Crippen molar-refractivity contribution in [3.05, 3.63) is 81.8 Å². The Balaban J connectivity index is 1.71. The first-order valence-electron chi connectivity index (χ1n) is 9.71. The van der Waals surface area contributed by atoms with Crippen molar-refractivity contribution in [2.75, 3.05) is 5.32 Å². The van der Waals surface area contributed by atoms with E-state index in [1.54, 1.807) is 24.3 Å². The van der Waals surface area contributed by atoms with E-state index in [1.807, 2.05) is 50.2 Å². The number of hydrogen-bond acceptors (Lipinski definition) is 5. The fourth-order valence-electron chi connectivity index (χ4n) is 3.11. The van der Waals surface area contributed by atoms with Gasteiger partial charge < -0.3 is 10.1 Å². The van der Waals surface area contributed by atoms with Crippen LogP contribution >= 0.6 is 0 Å². The van der Waals surface area contributed by atoms with Crippen LogP contribution in [0.25, 0.3) is 0 Å². The highest BCUT2D eigenvalue weighted by molar-refractivity contribution is 5.90. The van der Waals surface area contributed by atoms with Gasteiger partial charge in [-0.1, -0.05) is 32.0 Å². The largest absolute Gasteiger partial charge is 0.457 e. The zero-order valence-corrected chi connectivity index (χ0v) is 16.9. The molecule has 0 bridgehead atoms. The molecule has 1 aromatic heterocycles. The molecule has 0 saturated carbocycles. The molecule has 1 heterocycles. The van der Waals surface area contributed by atoms with Crippen LogP contribution in [0.4, 0.5) is 5.69 Å². The fraction of sp³-hybridized carbons (Fsp3) is 0.217. The summed E-state index contributed by atoms with van der Waals surface area (Å²) in [5.74, 6) is 0.949. The van der Waals surface area contributed by atoms with E-state index in [9.17, 15) is 14.9 Å². The van der Waals surface area contributed by atoms with Crippen LogP contribution < -0.4 is 15.6 Å². The van der Waals surface area contributed by atoms with Gasteiger partial charge in [0.2, 0.25) is 5.91 Å². The van der Waals surface area contributed by atoms with E-state index in [0.717, 1.165) is 10.4 Å². The molecule has 0 aliphatic heterocycles. The number of anilines is 1. The lowest BCUT2D eigenvalue weighted by Crippen LogP contribution is -2.33. The second-order valence-electron chi connectivity index (χ2n) is 6.57. The molecule has 152 valence electrons. The number of para-hydroxylation sites is 1. The van der Waals surface area contributed by atoms with Crippen LogP contribution in [0.2, 0.25) is 0 Å². The van der Waals surface area contributed by atoms with Gasteiger partial charge in [0, 0.05) is 5.69 Å². The number of carbonyl (C=O) groups is 1. The molecular formula is C23H22N4O3. The standard InChI is InChI=1S/C23H22N4O3/c1-3-19-20(14-24)23(29)27(26-21(19)4-2)15-22(28)25-16-10-12-18(13-11-16)30-17-8-6-5-7-9-17/h5-13H,3-4,15H2,1-2H3,(H,25,28). The molecule has 0 atom stereocenters. The van der Waals surface area contributed by atoms with Gasteiger partial charge in [0.25, 0.3) is 5.56 Å². The molecule has 7 heteroatoms. The summed E-state index contributed by atoms with van der Waals surface area (Å²) in [7, 11) is 0. The summed E-state index contributed by atoms with van der Waals surface area (Å²) in [6.45, 7) is 3.50. The summed E-state index contributed by atoms with van der Waals surface area (Å²) in [4.78, 5) is 25.0. The van der Waals surface area contributed by atoms with E-state index in [1.165, 1.54) is 0 Å². The molecule has 3 rings (SSSR count). The third-order valence-corrected chi connectivity index (χ3v) is 4.55. The minimum absolute atomic E-state index is 0.0552. The molecule has 1 N–H and O–H groups in total. The summed E-state index contributed by atoms with van der Waals surface area (Å²) in [6, 6.07) is 18.2. The lowest BCUT2D eigenvalue weighted by atomic mass is 10.0. The summed E-state index contributed by atoms with van der Waals surface area (Å²) >= 11 is 0. The van der Waals surface area contributed by atoms with Gasteiger partial charge in [-0.05, 0) is 54.8 Å². The van der Waals surface area contributed by atoms with E-state index < -0.39 is 11.5 Å². The van der Waals surface area contributed by atoms with Crippen molar-refractivity contribution in [1.29, 1.82) is 5.26 Å². The Hall–Kier alpha value is -3.92. The predicted molar refractivity (Wildman–Crippen MR) is 114 cm³/mol. The lowest BCUT2D eigenvalue weighted by molar-refractivity contribution is -0.117. The van der Waals surface area contributed by atoms with Crippen molar-refractivity contribution >= 4 is 11.6 Å². The quantitative estimate of drug-likeness (QED) is 0.650. The number of hydrogen-bond donors (Lipinski definition) is 1. The van der Waals surface area contributed by atoms with Crippen LogP contribution in [0.3, 0.4) is 0 Å². The van der Waals surface area contributed by atoms with E-state index in [0.29, 0.717) is 35.5 Å². The third kappa shape index (κ3) is 4.73. The van der Waals surface area contributed by atoms with Crippen LogP contribution in [0.1, 0.15) is 30.7 Å². The Morgan fingerprint density at radius 3 is 2.33 bits per heavy atom. The van der Waals surface area contributed by atoms with Crippen molar-refractivity contribution in [1.82, 2.24) is 9.78 Å². The fourth-order valence-corrected chi connectivity index (χ4v) is 3.11. The first kappa shape index (κ1) is 20.8. The molecular weight excluding hydrogens is 380 g/mol. The molecule has 3 aromatic rings. The molecule has 0 spiro atoms. The lowest BCUT2D eigenvalue weighted by Gasteiger charge is -2.12. The van der Waals surface area contributed by atoms with Gasteiger partial charge in [-0.15, -0.1) is 0 Å². The van der Waals surface area contributed by atoms with Gasteiger partial charge in [-0.2, -0.15) is 10.4 Å². The molecule has 0 fully saturated rings. The molecule has 0 aliphatic rings. The van der Waals surface area contributed by atoms with E-state index in [2.05, 4.69) is 10.4 Å². The van der Waals surface area contributed by atoms with Crippen molar-refractivity contribution in [2.24, 2.45) is 0 Å². The number of nitrogens with zero attached hydrogens (tertiary/aromatic N) is 3. The number of rotatable bonds is 7. The molecule has 30 heavy (non-hydrogen) atoms. The SMILES string of the molecule is CCc1nn(CC(=O)Nc2ccc(Oc3ccccc3)cc2)c(=O)c(C#N)c1CC. The molecule has 2 aromatic carbocycles. The number of nitrogens with one attached hydrogen (secondary N) is 1. The molecule has 0 saturated heterocycles. The van der Waals surface area contributed by atoms with Gasteiger partial charge in [-0.3, -0.25) is 9.59 Å². The monoisotopic (exact) mass is 402 g/mol. The van der Waals surface area contributed by atoms with E-state index in [4.69, 9.17) is 4.74 Å². The van der Waals surface area contributed by atoms with Crippen LogP contribution in [0.15, 0.2) is 59.4 Å². The Bertz CT molecular complexity index is 1130. The average molecular weight is 402 g/mol. The van der Waals surface area contributed by atoms with Crippen LogP contribution in [-0.4, -0.2) is 15.7 Å². The number of ether oxygens (including phenoxy) is 1. The Morgan fingerprint density at radius 2 is 1.73 bits per heavy atom. The maximum absolute atomic E-state index is 12.5. The van der Waals surface area contributed by atoms with Gasteiger partial charge in [0.1, 0.15) is 29.7 Å². The predicted octanol–water partition coefficient (Wildman–Crippen LogP) is 3.67. The first-order valence-corrected chi connectivity index (χ1v) is 9.71. The molecule has 0 radical (unpaired) electrons. The zero-order valence-electron chi connectivity index (χ0n) is 16.9. The zero-order chi connectivity index (χ0) is 21.5. The number of amides is 1. The summed E-state index contributed by atoms with van der Waals surface area (Å²) < 4.78 is 6.78. The number of carbonyl (C=O) groups excluding carboxylic acids is 1. The molecule has 1 amide bonds. The highest BCUT2D eigenvalue weighted by Crippen LogP contribution is 2.22. The normalized spacial score (nSPS) is 10.3. The minimum atomic E-state index is -0.548. The highest BCUT2D eigenvalue weighted by Gasteiger charge is 2.16. The first-order chi connectivity index (χ1) is 14.5. The van der Waals surface area contributed by atoms with Gasteiger partial charge in [0.05, 0.1) is 5.69 Å². The van der Waals surface area contributed by atoms with E-state index in [-0.39, 0.29) is 12.1 Å².